The van der Waals surface area contributed by atoms with Gasteiger partial charge in [-0.3, -0.25) is 24.1 Å². The number of aryl methyl sites for hydroxylation is 1. The maximum atomic E-state index is 12.0. The Morgan fingerprint density at radius 3 is 2.05 bits per heavy atom. The van der Waals surface area contributed by atoms with Crippen LogP contribution in [0.2, 0.25) is 5.02 Å². The van der Waals surface area contributed by atoms with Gasteiger partial charge < -0.3 is 0 Å². The van der Waals surface area contributed by atoms with E-state index in [2.05, 4.69) is 5.10 Å². The van der Waals surface area contributed by atoms with Crippen molar-refractivity contribution in [3.63, 3.8) is 0 Å². The Hall–Kier alpha value is -2.15. The summed E-state index contributed by atoms with van der Waals surface area (Å²) >= 11 is 5.92. The predicted octanol–water partition coefficient (Wildman–Crippen LogP) is 0.507. The molecule has 0 N–H and O–H groups in total. The third-order valence-corrected chi connectivity index (χ3v) is 3.15. The molecular formula is C11H11ClN4O3. The standard InChI is InChI=1S/C11H11ClN4O3/c1-14-9(17)6(10(18)15(2)11(14)19)4-8-7(12)5-13-16(8)3/h4-5H,1-3H3. The van der Waals surface area contributed by atoms with Crippen LogP contribution >= 0.6 is 11.6 Å². The number of imide groups is 2. The Balaban J connectivity index is 2.52. The minimum Gasteiger partial charge on any atom is -0.268 e. The molecule has 0 aromatic carbocycles. The molecule has 4 amide bonds. The van der Waals surface area contributed by atoms with Gasteiger partial charge in [0.05, 0.1) is 16.9 Å². The van der Waals surface area contributed by atoms with E-state index < -0.39 is 17.8 Å². The van der Waals surface area contributed by atoms with Crippen LogP contribution in [0.15, 0.2) is 11.8 Å². The predicted molar refractivity (Wildman–Crippen MR) is 67.1 cm³/mol. The van der Waals surface area contributed by atoms with Gasteiger partial charge in [0.25, 0.3) is 11.8 Å². The van der Waals surface area contributed by atoms with Gasteiger partial charge in [-0.25, -0.2) is 4.79 Å². The summed E-state index contributed by atoms with van der Waals surface area (Å²) in [5, 5.41) is 4.23. The van der Waals surface area contributed by atoms with Crippen molar-refractivity contribution in [3.05, 3.63) is 22.5 Å². The number of aromatic nitrogens is 2. The summed E-state index contributed by atoms with van der Waals surface area (Å²) in [4.78, 5) is 37.2. The Morgan fingerprint density at radius 1 is 1.11 bits per heavy atom. The summed E-state index contributed by atoms with van der Waals surface area (Å²) in [5.74, 6) is -1.32. The summed E-state index contributed by atoms with van der Waals surface area (Å²) in [5.41, 5.74) is 0.296. The average molecular weight is 283 g/mol. The molecule has 2 heterocycles. The fraction of sp³-hybridized carbons (Fsp3) is 0.273. The molecule has 1 fully saturated rings. The van der Waals surface area contributed by atoms with Crippen LogP contribution in [0, 0.1) is 0 Å². The maximum absolute atomic E-state index is 12.0. The van der Waals surface area contributed by atoms with E-state index in [0.717, 1.165) is 9.80 Å². The molecule has 0 unspecified atom stereocenters. The minimum absolute atomic E-state index is 0.130. The maximum Gasteiger partial charge on any atom is 0.333 e. The molecule has 100 valence electrons. The summed E-state index contributed by atoms with van der Waals surface area (Å²) in [7, 11) is 4.26. The minimum atomic E-state index is -0.664. The molecule has 0 bridgehead atoms. The molecule has 1 aromatic heterocycles. The lowest BCUT2D eigenvalue weighted by Gasteiger charge is -2.28. The molecule has 0 radical (unpaired) electrons. The lowest BCUT2D eigenvalue weighted by molar-refractivity contribution is -0.134. The van der Waals surface area contributed by atoms with Gasteiger partial charge in [0.1, 0.15) is 5.57 Å². The normalized spacial score (nSPS) is 16.4. The van der Waals surface area contributed by atoms with Crippen LogP contribution in [-0.4, -0.2) is 51.5 Å². The molecule has 0 aliphatic carbocycles. The molecule has 1 aliphatic rings. The Labute approximate surface area is 114 Å². The lowest BCUT2D eigenvalue weighted by atomic mass is 10.1. The van der Waals surface area contributed by atoms with Crippen molar-refractivity contribution in [2.45, 2.75) is 0 Å². The second kappa shape index (κ2) is 4.51. The number of amides is 4. The Kier molecular flexibility index (Phi) is 3.15. The molecule has 2 rings (SSSR count). The molecule has 1 saturated heterocycles. The van der Waals surface area contributed by atoms with Crippen LogP contribution in [0.3, 0.4) is 0 Å². The van der Waals surface area contributed by atoms with Crippen molar-refractivity contribution in [3.8, 4) is 0 Å². The molecular weight excluding hydrogens is 272 g/mol. The van der Waals surface area contributed by atoms with Crippen molar-refractivity contribution in [1.82, 2.24) is 19.6 Å². The van der Waals surface area contributed by atoms with Crippen LogP contribution in [0.25, 0.3) is 6.08 Å². The van der Waals surface area contributed by atoms with E-state index in [0.29, 0.717) is 10.7 Å². The molecule has 19 heavy (non-hydrogen) atoms. The average Bonchev–Trinajstić information content (AvgIpc) is 2.70. The first kappa shape index (κ1) is 13.3. The third kappa shape index (κ3) is 2.01. The van der Waals surface area contributed by atoms with Crippen molar-refractivity contribution in [2.24, 2.45) is 7.05 Å². The molecule has 1 aromatic rings. The number of likely N-dealkylation sites (N-methyl/N-ethyl adjacent to an activating group) is 2. The molecule has 0 atom stereocenters. The van der Waals surface area contributed by atoms with E-state index in [1.165, 1.54) is 31.1 Å². The number of barbiturate groups is 1. The number of rotatable bonds is 1. The SMILES string of the molecule is CN1C(=O)C(=Cc2c(Cl)cnn2C)C(=O)N(C)C1=O. The quantitative estimate of drug-likeness (QED) is 0.555. The molecule has 0 saturated carbocycles. The largest absolute Gasteiger partial charge is 0.333 e. The van der Waals surface area contributed by atoms with Crippen LogP contribution in [0.5, 0.6) is 0 Å². The van der Waals surface area contributed by atoms with E-state index >= 15 is 0 Å². The highest BCUT2D eigenvalue weighted by Gasteiger charge is 2.38. The number of halogens is 1. The topological polar surface area (TPSA) is 75.5 Å². The van der Waals surface area contributed by atoms with Gasteiger partial charge in [0, 0.05) is 21.1 Å². The number of carbonyl (C=O) groups excluding carboxylic acids is 3. The summed E-state index contributed by atoms with van der Waals surface area (Å²) < 4.78 is 1.44. The van der Waals surface area contributed by atoms with Crippen LogP contribution < -0.4 is 0 Å². The highest BCUT2D eigenvalue weighted by atomic mass is 35.5. The third-order valence-electron chi connectivity index (χ3n) is 2.86. The zero-order chi connectivity index (χ0) is 14.3. The summed E-state index contributed by atoms with van der Waals surface area (Å²) in [6.07, 6.45) is 2.74. The van der Waals surface area contributed by atoms with E-state index in [9.17, 15) is 14.4 Å². The fourth-order valence-corrected chi connectivity index (χ4v) is 1.91. The summed E-state index contributed by atoms with van der Waals surface area (Å²) in [6.45, 7) is 0. The zero-order valence-corrected chi connectivity index (χ0v) is 11.3. The van der Waals surface area contributed by atoms with Gasteiger partial charge in [-0.2, -0.15) is 5.10 Å². The lowest BCUT2D eigenvalue weighted by Crippen LogP contribution is -2.52. The zero-order valence-electron chi connectivity index (χ0n) is 10.5. The van der Waals surface area contributed by atoms with Crippen molar-refractivity contribution in [2.75, 3.05) is 14.1 Å². The number of nitrogens with zero attached hydrogens (tertiary/aromatic N) is 4. The van der Waals surface area contributed by atoms with Gasteiger partial charge in [-0.1, -0.05) is 11.6 Å². The monoisotopic (exact) mass is 282 g/mol. The first-order valence-electron chi connectivity index (χ1n) is 5.34. The first-order valence-corrected chi connectivity index (χ1v) is 5.71. The molecule has 0 spiro atoms. The second-order valence-electron chi connectivity index (χ2n) is 4.07. The fourth-order valence-electron chi connectivity index (χ4n) is 1.69. The van der Waals surface area contributed by atoms with E-state index in [1.54, 1.807) is 7.05 Å². The van der Waals surface area contributed by atoms with Crippen molar-refractivity contribution >= 4 is 35.5 Å². The van der Waals surface area contributed by atoms with Gasteiger partial charge in [-0.15, -0.1) is 0 Å². The first-order chi connectivity index (χ1) is 8.84. The number of urea groups is 1. The molecule has 1 aliphatic heterocycles. The summed E-state index contributed by atoms with van der Waals surface area (Å²) in [6, 6.07) is -0.664. The van der Waals surface area contributed by atoms with Crippen molar-refractivity contribution in [1.29, 1.82) is 0 Å². The second-order valence-corrected chi connectivity index (χ2v) is 4.48. The number of carbonyl (C=O) groups is 3. The van der Waals surface area contributed by atoms with Gasteiger partial charge >= 0.3 is 6.03 Å². The van der Waals surface area contributed by atoms with E-state index in [1.807, 2.05) is 0 Å². The Morgan fingerprint density at radius 2 is 1.63 bits per heavy atom. The highest BCUT2D eigenvalue weighted by molar-refractivity contribution is 6.33. The highest BCUT2D eigenvalue weighted by Crippen LogP contribution is 2.21. The van der Waals surface area contributed by atoms with E-state index in [-0.39, 0.29) is 5.57 Å². The van der Waals surface area contributed by atoms with E-state index in [4.69, 9.17) is 11.6 Å². The number of hydrogen-bond donors (Lipinski definition) is 0. The van der Waals surface area contributed by atoms with Gasteiger partial charge in [0.15, 0.2) is 0 Å². The Bertz CT molecular complexity index is 574. The van der Waals surface area contributed by atoms with Crippen LogP contribution in [0.4, 0.5) is 4.79 Å². The van der Waals surface area contributed by atoms with Gasteiger partial charge in [-0.05, 0) is 6.08 Å². The smallest absolute Gasteiger partial charge is 0.268 e. The van der Waals surface area contributed by atoms with Crippen molar-refractivity contribution < 1.29 is 14.4 Å². The van der Waals surface area contributed by atoms with Crippen LogP contribution in [-0.2, 0) is 16.6 Å². The van der Waals surface area contributed by atoms with Crippen LogP contribution in [0.1, 0.15) is 5.69 Å². The molecule has 7 nitrogen and oxygen atoms in total. The number of hydrogen-bond acceptors (Lipinski definition) is 4. The van der Waals surface area contributed by atoms with Gasteiger partial charge in [0.2, 0.25) is 0 Å². The molecule has 8 heteroatoms.